The maximum atomic E-state index is 5.44. The summed E-state index contributed by atoms with van der Waals surface area (Å²) in [7, 11) is 0. The lowest BCUT2D eigenvalue weighted by molar-refractivity contribution is 1.05. The Hall–Kier alpha value is -0.910. The van der Waals surface area contributed by atoms with Crippen LogP contribution in [-0.2, 0) is 0 Å². The van der Waals surface area contributed by atoms with Crippen LogP contribution in [0.3, 0.4) is 0 Å². The number of hydrogen-bond donors (Lipinski definition) is 1. The van der Waals surface area contributed by atoms with Crippen molar-refractivity contribution in [3.05, 3.63) is 55.7 Å². The molecular weight excluding hydrogens is 388 g/mol. The zero-order chi connectivity index (χ0) is 13.6. The summed E-state index contributed by atoms with van der Waals surface area (Å²) < 4.78 is 4.80. The van der Waals surface area contributed by atoms with Crippen molar-refractivity contribution in [1.29, 1.82) is 0 Å². The molecule has 1 heterocycles. The van der Waals surface area contributed by atoms with Crippen LogP contribution in [0.25, 0.3) is 16.7 Å². The van der Waals surface area contributed by atoms with Crippen molar-refractivity contribution in [2.24, 2.45) is 0 Å². The van der Waals surface area contributed by atoms with E-state index in [0.717, 1.165) is 25.7 Å². The number of H-pyrrole nitrogens is 1. The fourth-order valence-corrected chi connectivity index (χ4v) is 3.43. The Balaban J connectivity index is 2.38. The van der Waals surface area contributed by atoms with Crippen LogP contribution in [-0.4, -0.2) is 9.55 Å². The quantitative estimate of drug-likeness (QED) is 0.536. The van der Waals surface area contributed by atoms with Gasteiger partial charge in [-0.25, -0.2) is 0 Å². The standard InChI is InChI=1S/C14H10Br2N2S/c1-8-2-5-12(10(16)6-8)18-13-7-9(15)3-4-11(13)17-14(18)19/h2-7H,1H3,(H,17,19). The topological polar surface area (TPSA) is 20.7 Å². The summed E-state index contributed by atoms with van der Waals surface area (Å²) in [4.78, 5) is 3.23. The molecule has 0 saturated heterocycles. The average Bonchev–Trinajstić information content (AvgIpc) is 2.65. The van der Waals surface area contributed by atoms with Gasteiger partial charge in [-0.2, -0.15) is 0 Å². The molecule has 0 atom stereocenters. The fraction of sp³-hybridized carbons (Fsp3) is 0.0714. The van der Waals surface area contributed by atoms with Gasteiger partial charge in [0.15, 0.2) is 4.77 Å². The zero-order valence-electron chi connectivity index (χ0n) is 10.1. The van der Waals surface area contributed by atoms with Gasteiger partial charge in [-0.05, 0) is 71.0 Å². The fourth-order valence-electron chi connectivity index (χ4n) is 2.11. The third kappa shape index (κ3) is 2.30. The molecule has 0 fully saturated rings. The number of aromatic amines is 1. The van der Waals surface area contributed by atoms with Gasteiger partial charge < -0.3 is 4.98 Å². The minimum Gasteiger partial charge on any atom is -0.330 e. The highest BCUT2D eigenvalue weighted by atomic mass is 79.9. The SMILES string of the molecule is Cc1ccc(-n2c(=S)[nH]c3ccc(Br)cc32)c(Br)c1. The second-order valence-electron chi connectivity index (χ2n) is 4.38. The maximum Gasteiger partial charge on any atom is 0.182 e. The molecule has 5 heteroatoms. The van der Waals surface area contributed by atoms with Crippen molar-refractivity contribution >= 4 is 55.1 Å². The monoisotopic (exact) mass is 396 g/mol. The molecule has 2 aromatic carbocycles. The van der Waals surface area contributed by atoms with Crippen LogP contribution in [0.4, 0.5) is 0 Å². The molecule has 0 spiro atoms. The second-order valence-corrected chi connectivity index (χ2v) is 6.54. The number of fused-ring (bicyclic) bond motifs is 1. The third-order valence-electron chi connectivity index (χ3n) is 2.99. The van der Waals surface area contributed by atoms with Gasteiger partial charge in [-0.3, -0.25) is 4.57 Å². The highest BCUT2D eigenvalue weighted by Gasteiger charge is 2.09. The van der Waals surface area contributed by atoms with Crippen LogP contribution < -0.4 is 0 Å². The van der Waals surface area contributed by atoms with Gasteiger partial charge in [0, 0.05) is 8.95 Å². The number of aryl methyl sites for hydroxylation is 1. The van der Waals surface area contributed by atoms with E-state index in [0.29, 0.717) is 4.77 Å². The summed E-state index contributed by atoms with van der Waals surface area (Å²) in [5.74, 6) is 0. The highest BCUT2D eigenvalue weighted by Crippen LogP contribution is 2.28. The average molecular weight is 398 g/mol. The molecule has 2 nitrogen and oxygen atoms in total. The molecular formula is C14H10Br2N2S. The van der Waals surface area contributed by atoms with Crippen LogP contribution in [0.1, 0.15) is 5.56 Å². The van der Waals surface area contributed by atoms with E-state index in [4.69, 9.17) is 12.2 Å². The van der Waals surface area contributed by atoms with E-state index in [1.807, 2.05) is 16.7 Å². The van der Waals surface area contributed by atoms with Gasteiger partial charge in [-0.15, -0.1) is 0 Å². The van der Waals surface area contributed by atoms with Gasteiger partial charge in [0.1, 0.15) is 0 Å². The summed E-state index contributed by atoms with van der Waals surface area (Å²) in [5, 5.41) is 0. The molecule has 3 aromatic rings. The summed E-state index contributed by atoms with van der Waals surface area (Å²) in [6, 6.07) is 12.3. The van der Waals surface area contributed by atoms with E-state index in [1.165, 1.54) is 5.56 Å². The van der Waals surface area contributed by atoms with Crippen LogP contribution in [0, 0.1) is 11.7 Å². The molecule has 1 aromatic heterocycles. The largest absolute Gasteiger partial charge is 0.330 e. The summed E-state index contributed by atoms with van der Waals surface area (Å²) in [6.07, 6.45) is 0. The molecule has 0 bridgehead atoms. The molecule has 3 rings (SSSR count). The Morgan fingerprint density at radius 1 is 1.11 bits per heavy atom. The summed E-state index contributed by atoms with van der Waals surface area (Å²) in [6.45, 7) is 2.07. The number of nitrogens with zero attached hydrogens (tertiary/aromatic N) is 1. The Morgan fingerprint density at radius 3 is 2.63 bits per heavy atom. The van der Waals surface area contributed by atoms with E-state index in [2.05, 4.69) is 68.0 Å². The predicted molar refractivity (Wildman–Crippen MR) is 88.6 cm³/mol. The minimum atomic E-state index is 0.692. The summed E-state index contributed by atoms with van der Waals surface area (Å²) >= 11 is 12.6. The molecule has 0 amide bonds. The Kier molecular flexibility index (Phi) is 3.37. The Labute approximate surface area is 132 Å². The van der Waals surface area contributed by atoms with E-state index >= 15 is 0 Å². The predicted octanol–water partition coefficient (Wildman–Crippen LogP) is 5.52. The number of halogens is 2. The first-order chi connectivity index (χ1) is 9.06. The number of rotatable bonds is 1. The highest BCUT2D eigenvalue weighted by molar-refractivity contribution is 9.10. The lowest BCUT2D eigenvalue weighted by Crippen LogP contribution is -1.95. The zero-order valence-corrected chi connectivity index (χ0v) is 14.1. The Morgan fingerprint density at radius 2 is 1.89 bits per heavy atom. The van der Waals surface area contributed by atoms with E-state index in [9.17, 15) is 0 Å². The van der Waals surface area contributed by atoms with Gasteiger partial charge in [0.25, 0.3) is 0 Å². The van der Waals surface area contributed by atoms with Crippen molar-refractivity contribution in [3.8, 4) is 5.69 Å². The molecule has 0 radical (unpaired) electrons. The van der Waals surface area contributed by atoms with Crippen LogP contribution in [0.15, 0.2) is 45.3 Å². The third-order valence-corrected chi connectivity index (χ3v) is 4.40. The molecule has 0 aliphatic carbocycles. The molecule has 0 aliphatic heterocycles. The smallest absolute Gasteiger partial charge is 0.182 e. The van der Waals surface area contributed by atoms with E-state index in [1.54, 1.807) is 0 Å². The van der Waals surface area contributed by atoms with Crippen molar-refractivity contribution in [2.45, 2.75) is 6.92 Å². The van der Waals surface area contributed by atoms with E-state index < -0.39 is 0 Å². The van der Waals surface area contributed by atoms with Crippen molar-refractivity contribution < 1.29 is 0 Å². The second kappa shape index (κ2) is 4.89. The van der Waals surface area contributed by atoms with Gasteiger partial charge in [-0.1, -0.05) is 22.0 Å². The van der Waals surface area contributed by atoms with Crippen LogP contribution in [0.5, 0.6) is 0 Å². The first kappa shape index (κ1) is 13.1. The first-order valence-electron chi connectivity index (χ1n) is 5.73. The number of imidazole rings is 1. The molecule has 96 valence electrons. The van der Waals surface area contributed by atoms with E-state index in [-0.39, 0.29) is 0 Å². The van der Waals surface area contributed by atoms with Crippen molar-refractivity contribution in [2.75, 3.05) is 0 Å². The normalized spacial score (nSPS) is 11.1. The first-order valence-corrected chi connectivity index (χ1v) is 7.72. The van der Waals surface area contributed by atoms with Gasteiger partial charge in [0.2, 0.25) is 0 Å². The van der Waals surface area contributed by atoms with Crippen molar-refractivity contribution in [1.82, 2.24) is 9.55 Å². The lowest BCUT2D eigenvalue weighted by atomic mass is 10.2. The Bertz CT molecular complexity index is 833. The van der Waals surface area contributed by atoms with Crippen LogP contribution in [0.2, 0.25) is 0 Å². The number of hydrogen-bond acceptors (Lipinski definition) is 1. The van der Waals surface area contributed by atoms with Gasteiger partial charge >= 0.3 is 0 Å². The molecule has 0 aliphatic rings. The number of nitrogens with one attached hydrogen (secondary N) is 1. The molecule has 1 N–H and O–H groups in total. The van der Waals surface area contributed by atoms with Crippen LogP contribution >= 0.6 is 44.1 Å². The maximum absolute atomic E-state index is 5.44. The number of aromatic nitrogens is 2. The number of benzene rings is 2. The molecule has 0 unspecified atom stereocenters. The minimum absolute atomic E-state index is 0.692. The van der Waals surface area contributed by atoms with Crippen molar-refractivity contribution in [3.63, 3.8) is 0 Å². The van der Waals surface area contributed by atoms with Gasteiger partial charge in [0.05, 0.1) is 16.7 Å². The summed E-state index contributed by atoms with van der Waals surface area (Å²) in [5.41, 5.74) is 4.34. The molecule has 19 heavy (non-hydrogen) atoms. The lowest BCUT2D eigenvalue weighted by Gasteiger charge is -2.08. The molecule has 0 saturated carbocycles.